The summed E-state index contributed by atoms with van der Waals surface area (Å²) in [4.78, 5) is 41.0. The van der Waals surface area contributed by atoms with Gasteiger partial charge in [-0.25, -0.2) is 0 Å². The van der Waals surface area contributed by atoms with Crippen molar-refractivity contribution < 1.29 is 28.6 Å². The molecule has 0 aliphatic carbocycles. The van der Waals surface area contributed by atoms with Gasteiger partial charge in [-0.15, -0.1) is 0 Å². The lowest BCUT2D eigenvalue weighted by Crippen LogP contribution is -2.57. The monoisotopic (exact) mass is 506 g/mol. The highest BCUT2D eigenvalue weighted by Gasteiger charge is 2.48. The summed E-state index contributed by atoms with van der Waals surface area (Å²) in [6.07, 6.45) is 6.06. The molecule has 8 heteroatoms. The second-order valence-corrected chi connectivity index (χ2v) is 11.3. The zero-order chi connectivity index (χ0) is 27.8. The highest BCUT2D eigenvalue weighted by Crippen LogP contribution is 2.34. The fourth-order valence-corrected chi connectivity index (χ4v) is 4.39. The summed E-state index contributed by atoms with van der Waals surface area (Å²) in [6, 6.07) is -2.25. The Labute approximate surface area is 217 Å². The molecule has 1 rings (SSSR count). The number of nitrogens with zero attached hydrogens (tertiary/aromatic N) is 1. The second-order valence-electron chi connectivity index (χ2n) is 11.3. The van der Waals surface area contributed by atoms with Crippen molar-refractivity contribution in [1.29, 1.82) is 0 Å². The molecule has 1 aliphatic rings. The third kappa shape index (κ3) is 9.80. The molecule has 0 saturated carbocycles. The van der Waals surface area contributed by atoms with E-state index in [0.29, 0.717) is 18.7 Å². The van der Waals surface area contributed by atoms with E-state index in [1.54, 1.807) is 26.8 Å². The number of hydrogen-bond acceptors (Lipinski definition) is 7. The van der Waals surface area contributed by atoms with Crippen molar-refractivity contribution in [3.63, 3.8) is 0 Å². The third-order valence-corrected chi connectivity index (χ3v) is 5.64. The predicted octanol–water partition coefficient (Wildman–Crippen LogP) is 4.16. The van der Waals surface area contributed by atoms with Crippen LogP contribution in [-0.4, -0.2) is 65.2 Å². The first-order valence-electron chi connectivity index (χ1n) is 12.5. The molecule has 0 aromatic rings. The quantitative estimate of drug-likeness (QED) is 0.255. The smallest absolute Gasteiger partial charge is 0.324 e. The molecule has 1 amide bonds. The number of allylic oxidation sites excluding steroid dienone is 1. The molecule has 0 spiro atoms. The van der Waals surface area contributed by atoms with Gasteiger partial charge < -0.3 is 19.5 Å². The minimum atomic E-state index is -0.877. The maximum Gasteiger partial charge on any atom is 0.324 e. The SMILES string of the molecule is C=CCOC(=C)C(NC(C)=O)[C@@H](C)[C@H](C(=O)OC(C)(C)C)N1CC(C=CC)CC1C(=O)OC(C)(C)C. The predicted molar refractivity (Wildman–Crippen MR) is 141 cm³/mol. The largest absolute Gasteiger partial charge is 0.492 e. The van der Waals surface area contributed by atoms with E-state index in [9.17, 15) is 14.4 Å². The standard InChI is InChI=1S/C28H46N2O6/c1-12-14-21-16-22(25(32)35-27(6,7)8)30(17-21)24(26(33)36-28(9,10)11)18(3)23(29-20(5)31)19(4)34-15-13-2/h12-14,18,21-24H,2,4,15-17H2,1,3,5-11H3,(H,29,31)/t18-,21?,22?,23?,24-/m1/s1. The van der Waals surface area contributed by atoms with Crippen molar-refractivity contribution in [3.8, 4) is 0 Å². The second kappa shape index (κ2) is 13.1. The van der Waals surface area contributed by atoms with E-state index in [-0.39, 0.29) is 18.4 Å². The minimum Gasteiger partial charge on any atom is -0.492 e. The summed E-state index contributed by atoms with van der Waals surface area (Å²) in [5, 5.41) is 2.87. The number of carbonyl (C=O) groups is 3. The van der Waals surface area contributed by atoms with Gasteiger partial charge in [0.1, 0.15) is 35.7 Å². The van der Waals surface area contributed by atoms with Crippen molar-refractivity contribution in [2.75, 3.05) is 13.2 Å². The van der Waals surface area contributed by atoms with Gasteiger partial charge in [-0.05, 0) is 60.8 Å². The first-order chi connectivity index (χ1) is 16.5. The van der Waals surface area contributed by atoms with Crippen molar-refractivity contribution in [2.45, 2.75) is 98.1 Å². The molecule has 1 heterocycles. The van der Waals surface area contributed by atoms with E-state index in [0.717, 1.165) is 0 Å². The summed E-state index contributed by atoms with van der Waals surface area (Å²) in [6.45, 7) is 24.3. The van der Waals surface area contributed by atoms with Crippen LogP contribution in [0.2, 0.25) is 0 Å². The molecule has 1 N–H and O–H groups in total. The van der Waals surface area contributed by atoms with Crippen LogP contribution in [0.25, 0.3) is 0 Å². The highest BCUT2D eigenvalue weighted by molar-refractivity contribution is 5.81. The lowest BCUT2D eigenvalue weighted by molar-refractivity contribution is -0.170. The summed E-state index contributed by atoms with van der Waals surface area (Å²) < 4.78 is 17.2. The molecular formula is C28H46N2O6. The van der Waals surface area contributed by atoms with Gasteiger partial charge in [-0.1, -0.05) is 38.3 Å². The van der Waals surface area contributed by atoms with Gasteiger partial charge in [0.05, 0.1) is 6.04 Å². The first kappa shape index (κ1) is 31.4. The van der Waals surface area contributed by atoms with E-state index in [4.69, 9.17) is 14.2 Å². The van der Waals surface area contributed by atoms with Crippen molar-refractivity contribution in [1.82, 2.24) is 10.2 Å². The van der Waals surface area contributed by atoms with Crippen molar-refractivity contribution in [3.05, 3.63) is 37.1 Å². The van der Waals surface area contributed by atoms with E-state index in [1.165, 1.54) is 6.92 Å². The van der Waals surface area contributed by atoms with Gasteiger partial charge in [0, 0.05) is 19.4 Å². The fourth-order valence-electron chi connectivity index (χ4n) is 4.39. The molecule has 0 bridgehead atoms. The number of likely N-dealkylation sites (tertiary alicyclic amines) is 1. The molecule has 1 aliphatic heterocycles. The molecule has 1 saturated heterocycles. The molecular weight excluding hydrogens is 460 g/mol. The Morgan fingerprint density at radius 2 is 1.69 bits per heavy atom. The average molecular weight is 507 g/mol. The molecule has 0 aromatic heterocycles. The Bertz CT molecular complexity index is 836. The van der Waals surface area contributed by atoms with Crippen LogP contribution in [0.3, 0.4) is 0 Å². The Balaban J connectivity index is 3.56. The van der Waals surface area contributed by atoms with Crippen LogP contribution in [0.5, 0.6) is 0 Å². The summed E-state index contributed by atoms with van der Waals surface area (Å²) in [7, 11) is 0. The molecule has 5 atom stereocenters. The van der Waals surface area contributed by atoms with Gasteiger partial charge in [-0.2, -0.15) is 0 Å². The summed E-state index contributed by atoms with van der Waals surface area (Å²) in [5.74, 6) is -1.39. The van der Waals surface area contributed by atoms with Crippen LogP contribution in [0.1, 0.15) is 68.7 Å². The number of carbonyl (C=O) groups excluding carboxylic acids is 3. The van der Waals surface area contributed by atoms with Crippen LogP contribution in [0, 0.1) is 11.8 Å². The zero-order valence-corrected chi connectivity index (χ0v) is 23.6. The zero-order valence-electron chi connectivity index (χ0n) is 23.6. The lowest BCUT2D eigenvalue weighted by Gasteiger charge is -2.39. The topological polar surface area (TPSA) is 94.2 Å². The van der Waals surface area contributed by atoms with Gasteiger partial charge >= 0.3 is 11.9 Å². The maximum atomic E-state index is 13.7. The first-order valence-corrected chi connectivity index (χ1v) is 12.5. The summed E-state index contributed by atoms with van der Waals surface area (Å²) in [5.41, 5.74) is -1.43. The van der Waals surface area contributed by atoms with Gasteiger partial charge in [-0.3, -0.25) is 19.3 Å². The van der Waals surface area contributed by atoms with Crippen LogP contribution >= 0.6 is 0 Å². The number of ether oxygens (including phenoxy) is 3. The van der Waals surface area contributed by atoms with Gasteiger partial charge in [0.15, 0.2) is 0 Å². The Hall–Kier alpha value is -2.61. The van der Waals surface area contributed by atoms with Crippen LogP contribution in [0.4, 0.5) is 0 Å². The molecule has 0 aromatic carbocycles. The number of esters is 2. The van der Waals surface area contributed by atoms with E-state index in [1.807, 2.05) is 51.7 Å². The Morgan fingerprint density at radius 1 is 1.11 bits per heavy atom. The molecule has 36 heavy (non-hydrogen) atoms. The highest BCUT2D eigenvalue weighted by atomic mass is 16.6. The van der Waals surface area contributed by atoms with Crippen molar-refractivity contribution in [2.24, 2.45) is 11.8 Å². The van der Waals surface area contributed by atoms with Crippen LogP contribution in [0.15, 0.2) is 37.1 Å². The number of hydrogen-bond donors (Lipinski definition) is 1. The number of rotatable bonds is 11. The normalized spacial score (nSPS) is 21.4. The van der Waals surface area contributed by atoms with Crippen LogP contribution < -0.4 is 5.32 Å². The molecule has 3 unspecified atom stereocenters. The van der Waals surface area contributed by atoms with Gasteiger partial charge in [0.25, 0.3) is 0 Å². The molecule has 8 nitrogen and oxygen atoms in total. The van der Waals surface area contributed by atoms with E-state index < -0.39 is 47.2 Å². The minimum absolute atomic E-state index is 0.0455. The fraction of sp³-hybridized carbons (Fsp3) is 0.679. The number of amides is 1. The van der Waals surface area contributed by atoms with Crippen molar-refractivity contribution >= 4 is 17.8 Å². The Morgan fingerprint density at radius 3 is 2.17 bits per heavy atom. The lowest BCUT2D eigenvalue weighted by atomic mass is 9.90. The molecule has 0 radical (unpaired) electrons. The van der Waals surface area contributed by atoms with Gasteiger partial charge in [0.2, 0.25) is 5.91 Å². The molecule has 204 valence electrons. The maximum absolute atomic E-state index is 13.7. The van der Waals surface area contributed by atoms with Crippen LogP contribution in [-0.2, 0) is 28.6 Å². The number of nitrogens with one attached hydrogen (secondary N) is 1. The molecule has 1 fully saturated rings. The van der Waals surface area contributed by atoms with E-state index >= 15 is 0 Å². The average Bonchev–Trinajstić information content (AvgIpc) is 3.11. The van der Waals surface area contributed by atoms with E-state index in [2.05, 4.69) is 18.5 Å². The third-order valence-electron chi connectivity index (χ3n) is 5.64. The summed E-state index contributed by atoms with van der Waals surface area (Å²) >= 11 is 0. The Kier molecular flexibility index (Phi) is 11.4.